The Hall–Kier alpha value is -1.85. The minimum atomic E-state index is -4.53. The lowest BCUT2D eigenvalue weighted by molar-refractivity contribution is 0.387. The van der Waals surface area contributed by atoms with Crippen LogP contribution in [0.5, 0.6) is 5.75 Å². The van der Waals surface area contributed by atoms with Gasteiger partial charge < -0.3 is 4.18 Å². The highest BCUT2D eigenvalue weighted by Crippen LogP contribution is 2.34. The summed E-state index contributed by atoms with van der Waals surface area (Å²) in [7, 11) is -4.53. The van der Waals surface area contributed by atoms with Crippen molar-refractivity contribution >= 4 is 10.4 Å². The van der Waals surface area contributed by atoms with Crippen LogP contribution in [0.15, 0.2) is 48.5 Å². The monoisotopic (exact) mass is 278 g/mol. The van der Waals surface area contributed by atoms with Crippen LogP contribution in [0, 0.1) is 0 Å². The van der Waals surface area contributed by atoms with Crippen molar-refractivity contribution in [1.82, 2.24) is 0 Å². The maximum absolute atomic E-state index is 10.9. The third kappa shape index (κ3) is 3.33. The van der Waals surface area contributed by atoms with Crippen molar-refractivity contribution in [2.24, 2.45) is 0 Å². The molecular formula is C14H14O4S. The van der Waals surface area contributed by atoms with Crippen LogP contribution in [0.25, 0.3) is 11.1 Å². The zero-order valence-electron chi connectivity index (χ0n) is 10.4. The largest absolute Gasteiger partial charge is 0.446 e. The molecule has 0 aliphatic carbocycles. The summed E-state index contributed by atoms with van der Waals surface area (Å²) in [4.78, 5) is 0. The maximum Gasteiger partial charge on any atom is 0.446 e. The Labute approximate surface area is 112 Å². The van der Waals surface area contributed by atoms with Crippen LogP contribution in [0.1, 0.15) is 12.5 Å². The van der Waals surface area contributed by atoms with E-state index in [1.54, 1.807) is 6.07 Å². The fraction of sp³-hybridized carbons (Fsp3) is 0.143. The third-order valence-corrected chi connectivity index (χ3v) is 3.14. The molecule has 2 aromatic rings. The molecule has 0 aliphatic rings. The molecule has 0 fully saturated rings. The van der Waals surface area contributed by atoms with E-state index in [-0.39, 0.29) is 5.75 Å². The molecule has 0 aromatic heterocycles. The van der Waals surface area contributed by atoms with E-state index in [1.165, 1.54) is 6.07 Å². The van der Waals surface area contributed by atoms with E-state index in [0.29, 0.717) is 5.56 Å². The zero-order chi connectivity index (χ0) is 13.9. The molecule has 0 aliphatic heterocycles. The standard InChI is InChI=1S/C14H14O4S/c1-2-11-9-6-10-13(18-19(15,16)17)14(11)12-7-4-3-5-8-12/h3-10H,2H2,1H3,(H,15,16,17). The van der Waals surface area contributed by atoms with Crippen molar-refractivity contribution in [3.8, 4) is 16.9 Å². The normalized spacial score (nSPS) is 11.3. The van der Waals surface area contributed by atoms with Gasteiger partial charge in [-0.05, 0) is 23.6 Å². The van der Waals surface area contributed by atoms with Crippen LogP contribution in [0.3, 0.4) is 0 Å². The number of rotatable bonds is 4. The first kappa shape index (κ1) is 13.6. The third-order valence-electron chi connectivity index (χ3n) is 2.75. The van der Waals surface area contributed by atoms with E-state index in [9.17, 15) is 8.42 Å². The Morgan fingerprint density at radius 3 is 2.32 bits per heavy atom. The first-order chi connectivity index (χ1) is 9.01. The lowest BCUT2D eigenvalue weighted by Gasteiger charge is -2.13. The number of hydrogen-bond donors (Lipinski definition) is 1. The number of aryl methyl sites for hydroxylation is 1. The molecule has 0 saturated carbocycles. The highest BCUT2D eigenvalue weighted by Gasteiger charge is 2.15. The second kappa shape index (κ2) is 5.42. The van der Waals surface area contributed by atoms with Gasteiger partial charge in [-0.2, -0.15) is 8.42 Å². The molecule has 0 heterocycles. The summed E-state index contributed by atoms with van der Waals surface area (Å²) in [6.45, 7) is 1.97. The second-order valence-electron chi connectivity index (χ2n) is 4.02. The molecule has 2 rings (SSSR count). The average Bonchev–Trinajstić information content (AvgIpc) is 2.37. The molecule has 0 bridgehead atoms. The molecule has 0 saturated heterocycles. The van der Waals surface area contributed by atoms with Crippen molar-refractivity contribution in [2.75, 3.05) is 0 Å². The van der Waals surface area contributed by atoms with Gasteiger partial charge in [0.2, 0.25) is 0 Å². The van der Waals surface area contributed by atoms with E-state index < -0.39 is 10.4 Å². The van der Waals surface area contributed by atoms with Crippen LogP contribution < -0.4 is 4.18 Å². The van der Waals surface area contributed by atoms with Gasteiger partial charge in [-0.15, -0.1) is 0 Å². The zero-order valence-corrected chi connectivity index (χ0v) is 11.2. The topological polar surface area (TPSA) is 63.6 Å². The quantitative estimate of drug-likeness (QED) is 0.873. The summed E-state index contributed by atoms with van der Waals surface area (Å²) in [6, 6.07) is 14.5. The fourth-order valence-electron chi connectivity index (χ4n) is 1.99. The van der Waals surface area contributed by atoms with Crippen LogP contribution >= 0.6 is 0 Å². The molecule has 19 heavy (non-hydrogen) atoms. The highest BCUT2D eigenvalue weighted by molar-refractivity contribution is 7.81. The molecule has 0 radical (unpaired) electrons. The van der Waals surface area contributed by atoms with Crippen LogP contribution in [-0.4, -0.2) is 13.0 Å². The molecule has 5 heteroatoms. The predicted octanol–water partition coefficient (Wildman–Crippen LogP) is 3.10. The maximum atomic E-state index is 10.9. The molecule has 4 nitrogen and oxygen atoms in total. The molecule has 0 atom stereocenters. The van der Waals surface area contributed by atoms with Gasteiger partial charge in [0.25, 0.3) is 0 Å². The van der Waals surface area contributed by atoms with E-state index >= 15 is 0 Å². The van der Waals surface area contributed by atoms with E-state index in [0.717, 1.165) is 17.5 Å². The summed E-state index contributed by atoms with van der Waals surface area (Å²) in [5.41, 5.74) is 2.48. The van der Waals surface area contributed by atoms with Crippen LogP contribution in [0.4, 0.5) is 0 Å². The summed E-state index contributed by atoms with van der Waals surface area (Å²) in [5.74, 6) is 0.132. The summed E-state index contributed by atoms with van der Waals surface area (Å²) in [6.07, 6.45) is 0.729. The van der Waals surface area contributed by atoms with Crippen molar-refractivity contribution in [1.29, 1.82) is 0 Å². The van der Waals surface area contributed by atoms with Gasteiger partial charge in [-0.3, -0.25) is 4.55 Å². The van der Waals surface area contributed by atoms with Gasteiger partial charge in [-0.25, -0.2) is 0 Å². The minimum Gasteiger partial charge on any atom is -0.361 e. The van der Waals surface area contributed by atoms with E-state index in [1.807, 2.05) is 43.3 Å². The van der Waals surface area contributed by atoms with E-state index in [4.69, 9.17) is 4.55 Å². The fourth-order valence-corrected chi connectivity index (χ4v) is 2.35. The first-order valence-corrected chi connectivity index (χ1v) is 7.22. The van der Waals surface area contributed by atoms with Gasteiger partial charge in [-0.1, -0.05) is 49.4 Å². The lowest BCUT2D eigenvalue weighted by atomic mass is 9.97. The molecule has 2 aromatic carbocycles. The summed E-state index contributed by atoms with van der Waals surface area (Å²) >= 11 is 0. The van der Waals surface area contributed by atoms with Crippen LogP contribution in [-0.2, 0) is 16.8 Å². The van der Waals surface area contributed by atoms with E-state index in [2.05, 4.69) is 4.18 Å². The average molecular weight is 278 g/mol. The van der Waals surface area contributed by atoms with Gasteiger partial charge in [0.15, 0.2) is 5.75 Å². The highest BCUT2D eigenvalue weighted by atomic mass is 32.3. The molecule has 1 N–H and O–H groups in total. The Morgan fingerprint density at radius 2 is 1.74 bits per heavy atom. The minimum absolute atomic E-state index is 0.132. The van der Waals surface area contributed by atoms with Crippen molar-refractivity contribution < 1.29 is 17.2 Å². The number of benzene rings is 2. The van der Waals surface area contributed by atoms with Crippen molar-refractivity contribution in [3.05, 3.63) is 54.1 Å². The Kier molecular flexibility index (Phi) is 3.87. The molecule has 100 valence electrons. The molecular weight excluding hydrogens is 264 g/mol. The lowest BCUT2D eigenvalue weighted by Crippen LogP contribution is -2.08. The summed E-state index contributed by atoms with van der Waals surface area (Å²) < 4.78 is 35.3. The van der Waals surface area contributed by atoms with Crippen molar-refractivity contribution in [2.45, 2.75) is 13.3 Å². The van der Waals surface area contributed by atoms with Crippen molar-refractivity contribution in [3.63, 3.8) is 0 Å². The Bertz CT molecular complexity index is 663. The Morgan fingerprint density at radius 1 is 1.05 bits per heavy atom. The molecule has 0 unspecified atom stereocenters. The molecule has 0 amide bonds. The smallest absolute Gasteiger partial charge is 0.361 e. The SMILES string of the molecule is CCc1cccc(OS(=O)(=O)O)c1-c1ccccc1. The van der Waals surface area contributed by atoms with Gasteiger partial charge >= 0.3 is 10.4 Å². The Balaban J connectivity index is 2.62. The predicted molar refractivity (Wildman–Crippen MR) is 73.4 cm³/mol. The van der Waals surface area contributed by atoms with Crippen LogP contribution in [0.2, 0.25) is 0 Å². The first-order valence-electron chi connectivity index (χ1n) is 5.85. The van der Waals surface area contributed by atoms with Gasteiger partial charge in [0, 0.05) is 5.56 Å². The summed E-state index contributed by atoms with van der Waals surface area (Å²) in [5, 5.41) is 0. The van der Waals surface area contributed by atoms with Gasteiger partial charge in [0.1, 0.15) is 0 Å². The molecule has 0 spiro atoms. The second-order valence-corrected chi connectivity index (χ2v) is 5.04. The number of hydrogen-bond acceptors (Lipinski definition) is 3. The van der Waals surface area contributed by atoms with Gasteiger partial charge in [0.05, 0.1) is 0 Å².